The van der Waals surface area contributed by atoms with E-state index in [9.17, 15) is 10.1 Å². The molecule has 2 aromatic carbocycles. The Hall–Kier alpha value is -5.65. The van der Waals surface area contributed by atoms with E-state index in [0.29, 0.717) is 41.0 Å². The van der Waals surface area contributed by atoms with E-state index < -0.39 is 0 Å². The number of ether oxygens (including phenoxy) is 1. The average Bonchev–Trinajstić information content (AvgIpc) is 4.06. The van der Waals surface area contributed by atoms with Crippen molar-refractivity contribution in [2.45, 2.75) is 123 Å². The van der Waals surface area contributed by atoms with Gasteiger partial charge in [0.05, 0.1) is 29.4 Å². The zero-order chi connectivity index (χ0) is 47.4. The van der Waals surface area contributed by atoms with Gasteiger partial charge in [-0.3, -0.25) is 14.2 Å². The summed E-state index contributed by atoms with van der Waals surface area (Å²) in [5.74, 6) is 3.42. The lowest BCUT2D eigenvalue weighted by Crippen LogP contribution is -2.42. The molecule has 3 aromatic heterocycles. The Morgan fingerprint density at radius 2 is 1.77 bits per heavy atom. The molecular formula is C54H67ClN12O2. The van der Waals surface area contributed by atoms with Gasteiger partial charge >= 0.3 is 0 Å². The lowest BCUT2D eigenvalue weighted by Gasteiger charge is -2.39. The van der Waals surface area contributed by atoms with Gasteiger partial charge in [-0.05, 0) is 149 Å². The number of carbonyl (C=O) groups is 1. The molecule has 5 aliphatic heterocycles. The quantitative estimate of drug-likeness (QED) is 0.140. The number of hydrogen-bond acceptors (Lipinski definition) is 11. The molecule has 15 heteroatoms. The zero-order valence-electron chi connectivity index (χ0n) is 40.9. The molecule has 4 fully saturated rings. The van der Waals surface area contributed by atoms with E-state index >= 15 is 0 Å². The summed E-state index contributed by atoms with van der Waals surface area (Å²) < 4.78 is 10.7. The molecule has 1 atom stereocenters. The van der Waals surface area contributed by atoms with Gasteiger partial charge in [0, 0.05) is 119 Å². The lowest BCUT2D eigenvalue weighted by atomic mass is 9.77. The molecule has 3 saturated heterocycles. The van der Waals surface area contributed by atoms with Crippen LogP contribution >= 0.6 is 11.6 Å². The molecule has 0 N–H and O–H groups in total. The van der Waals surface area contributed by atoms with Crippen molar-refractivity contribution in [2.75, 3.05) is 67.1 Å². The van der Waals surface area contributed by atoms with Crippen LogP contribution in [0.25, 0.3) is 11.1 Å². The third-order valence-corrected chi connectivity index (χ3v) is 17.1. The minimum absolute atomic E-state index is 0.135. The van der Waals surface area contributed by atoms with E-state index in [-0.39, 0.29) is 17.4 Å². The molecule has 14 nitrogen and oxygen atoms in total. The van der Waals surface area contributed by atoms with E-state index in [4.69, 9.17) is 21.4 Å². The number of rotatable bonds is 9. The minimum Gasteiger partial charge on any atom is -0.473 e. The van der Waals surface area contributed by atoms with Crippen molar-refractivity contribution in [2.24, 2.45) is 18.4 Å². The van der Waals surface area contributed by atoms with Crippen molar-refractivity contribution < 1.29 is 9.53 Å². The Balaban J connectivity index is 0.666. The summed E-state index contributed by atoms with van der Waals surface area (Å²) in [6.07, 6.45) is 17.2. The summed E-state index contributed by atoms with van der Waals surface area (Å²) in [6, 6.07) is 17.6. The highest BCUT2D eigenvalue weighted by atomic mass is 35.5. The number of halogens is 1. The van der Waals surface area contributed by atoms with Crippen LogP contribution < -0.4 is 19.4 Å². The third-order valence-electron chi connectivity index (χ3n) is 16.8. The second kappa shape index (κ2) is 18.9. The second-order valence-corrected chi connectivity index (χ2v) is 21.7. The highest BCUT2D eigenvalue weighted by molar-refractivity contribution is 6.32. The second-order valence-electron chi connectivity index (χ2n) is 21.3. The molecule has 5 aromatic rings. The van der Waals surface area contributed by atoms with Crippen LogP contribution in [0.4, 0.5) is 23.0 Å². The van der Waals surface area contributed by atoms with Gasteiger partial charge in [0.2, 0.25) is 11.8 Å². The van der Waals surface area contributed by atoms with Crippen LogP contribution in [-0.4, -0.2) is 110 Å². The van der Waals surface area contributed by atoms with Gasteiger partial charge in [-0.1, -0.05) is 11.6 Å². The molecule has 1 amide bonds. The molecule has 0 unspecified atom stereocenters. The Bertz CT molecular complexity index is 2720. The molecule has 0 radical (unpaired) electrons. The topological polar surface area (TPSA) is 128 Å². The number of likely N-dealkylation sites (tertiary alicyclic amines) is 1. The number of hydrogen-bond donors (Lipinski definition) is 0. The van der Waals surface area contributed by atoms with Crippen LogP contribution in [0.2, 0.25) is 5.02 Å². The maximum atomic E-state index is 12.7. The maximum Gasteiger partial charge on any atom is 0.233 e. The summed E-state index contributed by atoms with van der Waals surface area (Å²) in [5, 5.41) is 29.1. The Labute approximate surface area is 412 Å². The number of benzene rings is 2. The predicted octanol–water partition coefficient (Wildman–Crippen LogP) is 9.06. The van der Waals surface area contributed by atoms with Crippen molar-refractivity contribution in [3.8, 4) is 23.1 Å². The normalized spacial score (nSPS) is 23.0. The average molecular weight is 952 g/mol. The number of anilines is 4. The van der Waals surface area contributed by atoms with Gasteiger partial charge in [-0.2, -0.15) is 15.5 Å². The molecule has 0 bridgehead atoms. The number of amides is 1. The van der Waals surface area contributed by atoms with Crippen LogP contribution in [0.5, 0.6) is 5.88 Å². The smallest absolute Gasteiger partial charge is 0.233 e. The lowest BCUT2D eigenvalue weighted by molar-refractivity contribution is -0.129. The van der Waals surface area contributed by atoms with E-state index in [0.717, 1.165) is 139 Å². The summed E-state index contributed by atoms with van der Waals surface area (Å²) in [6.45, 7) is 14.7. The molecule has 8 heterocycles. The van der Waals surface area contributed by atoms with Crippen LogP contribution in [-0.2, 0) is 31.2 Å². The van der Waals surface area contributed by atoms with E-state index in [1.165, 1.54) is 46.5 Å². The molecular weight excluding hydrogens is 884 g/mol. The van der Waals surface area contributed by atoms with Crippen molar-refractivity contribution in [3.63, 3.8) is 0 Å². The number of carbonyl (C=O) groups excluding carboxylic acids is 1. The van der Waals surface area contributed by atoms with Gasteiger partial charge in [-0.15, -0.1) is 10.2 Å². The largest absolute Gasteiger partial charge is 0.473 e. The molecule has 362 valence electrons. The highest BCUT2D eigenvalue weighted by Crippen LogP contribution is 2.46. The summed E-state index contributed by atoms with van der Waals surface area (Å²) in [4.78, 5) is 24.7. The summed E-state index contributed by atoms with van der Waals surface area (Å²) in [5.41, 5.74) is 10.7. The first kappa shape index (κ1) is 45.8. The molecule has 6 aliphatic rings. The van der Waals surface area contributed by atoms with Crippen LogP contribution in [0.1, 0.15) is 112 Å². The fourth-order valence-electron chi connectivity index (χ4n) is 12.9. The molecule has 1 spiro atoms. The van der Waals surface area contributed by atoms with Gasteiger partial charge in [-0.25, -0.2) is 0 Å². The number of aromatic nitrogens is 6. The number of nitrogens with zero attached hydrogens (tertiary/aromatic N) is 12. The van der Waals surface area contributed by atoms with E-state index in [2.05, 4.69) is 83.9 Å². The first-order valence-electron chi connectivity index (χ1n) is 25.7. The number of fused-ring (bicyclic) bond motifs is 2. The van der Waals surface area contributed by atoms with Crippen LogP contribution in [0.15, 0.2) is 54.9 Å². The van der Waals surface area contributed by atoms with Crippen molar-refractivity contribution >= 4 is 40.5 Å². The third kappa shape index (κ3) is 9.17. The van der Waals surface area contributed by atoms with Gasteiger partial charge < -0.3 is 29.2 Å². The maximum absolute atomic E-state index is 12.7. The van der Waals surface area contributed by atoms with Crippen LogP contribution in [0.3, 0.4) is 0 Å². The first-order valence-corrected chi connectivity index (χ1v) is 26.1. The van der Waals surface area contributed by atoms with E-state index in [1.807, 2.05) is 47.1 Å². The first-order chi connectivity index (χ1) is 33.5. The molecule has 1 saturated carbocycles. The number of piperidine rings is 2. The minimum atomic E-state index is 0.135. The van der Waals surface area contributed by atoms with Gasteiger partial charge in [0.15, 0.2) is 11.6 Å². The van der Waals surface area contributed by atoms with Gasteiger partial charge in [0.25, 0.3) is 0 Å². The summed E-state index contributed by atoms with van der Waals surface area (Å²) >= 11 is 6.41. The van der Waals surface area contributed by atoms with E-state index in [1.54, 1.807) is 6.92 Å². The van der Waals surface area contributed by atoms with Crippen molar-refractivity contribution in [1.82, 2.24) is 39.6 Å². The molecule has 11 rings (SSSR count). The SMILES string of the molecule is CC(=O)N1CCc2c(c(N3CCCc4cc(-c5cnn(C)c5)c(C)cc43)nn2C2CCN(CC3CCC(Oc4ccc(N5CCC6(CC5)C[C@H](C)N(c5ccc(C#N)c(Cl)c5)C6)nn4)CC3)CC2)C1. The predicted molar refractivity (Wildman–Crippen MR) is 270 cm³/mol. The standard InChI is InChI=1S/C54H67ClN12O2/c1-36-26-50-40(27-46(36)42-31-57-61(4)33-42)6-5-20-65(50)53-47-34-64(38(3)68)23-17-49(47)67(60-53)43-15-21-62(22-16-43)32-39-7-11-45(12-8-39)69-52-14-13-51(58-59-52)63-24-18-54(19-25-63)29-37(2)66(35-54)44-10-9-41(30-56)48(55)28-44/h9-10,13-14,26-28,31,33,37,39,43,45H,5-8,11-12,15-25,29,32,34-35H2,1-4H3/t37-,39?,45?/m0/s1. The fourth-order valence-corrected chi connectivity index (χ4v) is 13.1. The van der Waals surface area contributed by atoms with Crippen molar-refractivity contribution in [3.05, 3.63) is 87.8 Å². The van der Waals surface area contributed by atoms with Crippen molar-refractivity contribution in [1.29, 1.82) is 5.26 Å². The summed E-state index contributed by atoms with van der Waals surface area (Å²) in [7, 11) is 1.97. The molecule has 1 aliphatic carbocycles. The Morgan fingerprint density at radius 1 is 0.957 bits per heavy atom. The van der Waals surface area contributed by atoms with Gasteiger partial charge in [0.1, 0.15) is 12.2 Å². The Kier molecular flexibility index (Phi) is 12.6. The number of nitriles is 1. The zero-order valence-corrected chi connectivity index (χ0v) is 41.7. The number of aryl methyl sites for hydroxylation is 3. The highest BCUT2D eigenvalue weighted by Gasteiger charge is 2.44. The fraction of sp³-hybridized carbons (Fsp3) is 0.556. The Morgan fingerprint density at radius 3 is 2.48 bits per heavy atom. The monoisotopic (exact) mass is 951 g/mol. The van der Waals surface area contributed by atoms with Crippen LogP contribution in [0, 0.1) is 29.6 Å². The molecule has 69 heavy (non-hydrogen) atoms.